The third kappa shape index (κ3) is 4.18. The van der Waals surface area contributed by atoms with Gasteiger partial charge in [-0.15, -0.1) is 0 Å². The zero-order valence-corrected chi connectivity index (χ0v) is 15.3. The van der Waals surface area contributed by atoms with Crippen LogP contribution in [-0.2, 0) is 14.4 Å². The number of halogens is 1. The van der Waals surface area contributed by atoms with Gasteiger partial charge in [-0.25, -0.2) is 0 Å². The molecule has 0 bridgehead atoms. The van der Waals surface area contributed by atoms with Gasteiger partial charge >= 0.3 is 5.97 Å². The summed E-state index contributed by atoms with van der Waals surface area (Å²) in [7, 11) is 0. The van der Waals surface area contributed by atoms with Gasteiger partial charge in [-0.3, -0.25) is 14.4 Å². The minimum absolute atomic E-state index is 0.0130. The van der Waals surface area contributed by atoms with Crippen molar-refractivity contribution in [3.05, 3.63) is 34.9 Å². The number of carbonyl (C=O) groups excluding carboxylic acids is 2. The highest BCUT2D eigenvalue weighted by atomic mass is 35.5. The van der Waals surface area contributed by atoms with E-state index >= 15 is 0 Å². The van der Waals surface area contributed by atoms with Crippen LogP contribution >= 0.6 is 11.6 Å². The summed E-state index contributed by atoms with van der Waals surface area (Å²) < 4.78 is 0. The largest absolute Gasteiger partial charge is 0.481 e. The smallest absolute Gasteiger partial charge is 0.308 e. The Morgan fingerprint density at radius 1 is 1.12 bits per heavy atom. The summed E-state index contributed by atoms with van der Waals surface area (Å²) in [5.74, 6) is -2.00. The van der Waals surface area contributed by atoms with Crippen LogP contribution in [0.1, 0.15) is 37.2 Å². The Kier molecular flexibility index (Phi) is 5.81. The van der Waals surface area contributed by atoms with Crippen LogP contribution in [0.4, 0.5) is 0 Å². The van der Waals surface area contributed by atoms with Gasteiger partial charge in [0.15, 0.2) is 0 Å². The molecule has 3 rings (SSSR count). The Labute approximate surface area is 157 Å². The molecule has 2 aliphatic heterocycles. The van der Waals surface area contributed by atoms with Gasteiger partial charge in [0.05, 0.1) is 12.5 Å². The van der Waals surface area contributed by atoms with Crippen molar-refractivity contribution in [1.29, 1.82) is 0 Å². The van der Waals surface area contributed by atoms with Crippen LogP contribution in [0.5, 0.6) is 0 Å². The fraction of sp³-hybridized carbons (Fsp3) is 0.526. The molecular formula is C19H23ClN2O4. The topological polar surface area (TPSA) is 77.9 Å². The van der Waals surface area contributed by atoms with E-state index < -0.39 is 11.9 Å². The zero-order chi connectivity index (χ0) is 18.7. The summed E-state index contributed by atoms with van der Waals surface area (Å²) in [6.07, 6.45) is 3.26. The molecule has 0 aliphatic carbocycles. The fourth-order valence-electron chi connectivity index (χ4n) is 3.77. The van der Waals surface area contributed by atoms with E-state index in [2.05, 4.69) is 0 Å². The Balaban J connectivity index is 1.70. The van der Waals surface area contributed by atoms with E-state index in [9.17, 15) is 19.5 Å². The summed E-state index contributed by atoms with van der Waals surface area (Å²) in [6.45, 7) is 1.16. The highest BCUT2D eigenvalue weighted by Gasteiger charge is 2.40. The molecule has 2 saturated heterocycles. The van der Waals surface area contributed by atoms with Gasteiger partial charge in [0.25, 0.3) is 0 Å². The second kappa shape index (κ2) is 8.08. The van der Waals surface area contributed by atoms with E-state index in [1.54, 1.807) is 21.9 Å². The van der Waals surface area contributed by atoms with E-state index in [1.165, 1.54) is 0 Å². The average molecular weight is 379 g/mol. The van der Waals surface area contributed by atoms with Crippen molar-refractivity contribution in [2.75, 3.05) is 26.2 Å². The highest BCUT2D eigenvalue weighted by molar-refractivity contribution is 6.30. The normalized spacial score (nSPS) is 23.8. The first-order valence-corrected chi connectivity index (χ1v) is 9.37. The highest BCUT2D eigenvalue weighted by Crippen LogP contribution is 2.33. The lowest BCUT2D eigenvalue weighted by atomic mass is 9.89. The quantitative estimate of drug-likeness (QED) is 0.872. The molecule has 140 valence electrons. The lowest BCUT2D eigenvalue weighted by Crippen LogP contribution is -2.42. The molecule has 1 aromatic rings. The first-order chi connectivity index (χ1) is 12.5. The third-order valence-electron chi connectivity index (χ3n) is 5.29. The molecule has 0 unspecified atom stereocenters. The number of carbonyl (C=O) groups is 3. The van der Waals surface area contributed by atoms with Crippen LogP contribution in [0.15, 0.2) is 24.3 Å². The number of carboxylic acids is 1. The molecule has 2 aliphatic rings. The average Bonchev–Trinajstić information content (AvgIpc) is 2.97. The number of nitrogens with zero attached hydrogens (tertiary/aromatic N) is 2. The molecular weight excluding hydrogens is 356 g/mol. The molecule has 2 amide bonds. The van der Waals surface area contributed by atoms with Gasteiger partial charge in [-0.2, -0.15) is 0 Å². The SMILES string of the molecule is O=C(O)[C@@H]1CN(C(=O)CN2CCCCCC2=O)C[C@H]1c1ccc(Cl)cc1. The Bertz CT molecular complexity index is 691. The van der Waals surface area contributed by atoms with E-state index in [1.807, 2.05) is 12.1 Å². The van der Waals surface area contributed by atoms with Gasteiger partial charge in [0, 0.05) is 37.0 Å². The molecule has 1 N–H and O–H groups in total. The van der Waals surface area contributed by atoms with Gasteiger partial charge < -0.3 is 14.9 Å². The molecule has 0 radical (unpaired) electrons. The van der Waals surface area contributed by atoms with Gasteiger partial charge in [-0.05, 0) is 30.5 Å². The lowest BCUT2D eigenvalue weighted by Gasteiger charge is -2.24. The number of hydrogen-bond acceptors (Lipinski definition) is 3. The Hall–Kier alpha value is -2.08. The van der Waals surface area contributed by atoms with E-state index in [0.717, 1.165) is 24.8 Å². The minimum Gasteiger partial charge on any atom is -0.481 e. The molecule has 0 spiro atoms. The lowest BCUT2D eigenvalue weighted by molar-refractivity contribution is -0.143. The summed E-state index contributed by atoms with van der Waals surface area (Å²) in [6, 6.07) is 7.09. The van der Waals surface area contributed by atoms with E-state index in [4.69, 9.17) is 11.6 Å². The molecule has 26 heavy (non-hydrogen) atoms. The first kappa shape index (κ1) is 18.7. The summed E-state index contributed by atoms with van der Waals surface area (Å²) >= 11 is 5.91. The summed E-state index contributed by atoms with van der Waals surface area (Å²) in [5.41, 5.74) is 0.864. The van der Waals surface area contributed by atoms with Crippen molar-refractivity contribution < 1.29 is 19.5 Å². The number of rotatable bonds is 4. The maximum atomic E-state index is 12.7. The van der Waals surface area contributed by atoms with Crippen molar-refractivity contribution in [1.82, 2.24) is 9.80 Å². The van der Waals surface area contributed by atoms with Crippen molar-refractivity contribution >= 4 is 29.4 Å². The van der Waals surface area contributed by atoms with Crippen LogP contribution in [0.3, 0.4) is 0 Å². The molecule has 2 atom stereocenters. The molecule has 7 heteroatoms. The van der Waals surface area contributed by atoms with Gasteiger partial charge in [0.1, 0.15) is 0 Å². The summed E-state index contributed by atoms with van der Waals surface area (Å²) in [4.78, 5) is 39.7. The molecule has 2 fully saturated rings. The van der Waals surface area contributed by atoms with Crippen LogP contribution < -0.4 is 0 Å². The van der Waals surface area contributed by atoms with E-state index in [0.29, 0.717) is 24.5 Å². The molecule has 2 heterocycles. The van der Waals surface area contributed by atoms with Crippen molar-refractivity contribution in [3.8, 4) is 0 Å². The number of carboxylic acid groups (broad SMARTS) is 1. The van der Waals surface area contributed by atoms with Crippen LogP contribution in [-0.4, -0.2) is 58.9 Å². The van der Waals surface area contributed by atoms with E-state index in [-0.39, 0.29) is 30.8 Å². The van der Waals surface area contributed by atoms with Crippen molar-refractivity contribution in [2.45, 2.75) is 31.6 Å². The van der Waals surface area contributed by atoms with Crippen LogP contribution in [0.25, 0.3) is 0 Å². The summed E-state index contributed by atoms with van der Waals surface area (Å²) in [5, 5.41) is 10.2. The maximum Gasteiger partial charge on any atom is 0.308 e. The van der Waals surface area contributed by atoms with Crippen molar-refractivity contribution in [2.24, 2.45) is 5.92 Å². The number of amides is 2. The second-order valence-corrected chi connectivity index (χ2v) is 7.46. The molecule has 0 saturated carbocycles. The predicted octanol–water partition coefficient (Wildman–Crippen LogP) is 2.37. The fourth-order valence-corrected chi connectivity index (χ4v) is 3.90. The molecule has 0 aromatic heterocycles. The van der Waals surface area contributed by atoms with Crippen molar-refractivity contribution in [3.63, 3.8) is 0 Å². The second-order valence-electron chi connectivity index (χ2n) is 7.03. The number of benzene rings is 1. The maximum absolute atomic E-state index is 12.7. The number of hydrogen-bond donors (Lipinski definition) is 1. The van der Waals surface area contributed by atoms with Crippen LogP contribution in [0, 0.1) is 5.92 Å². The van der Waals surface area contributed by atoms with Gasteiger partial charge in [0.2, 0.25) is 11.8 Å². The molecule has 1 aromatic carbocycles. The predicted molar refractivity (Wildman–Crippen MR) is 96.9 cm³/mol. The van der Waals surface area contributed by atoms with Gasteiger partial charge in [-0.1, -0.05) is 30.2 Å². The number of likely N-dealkylation sites (tertiary alicyclic amines) is 2. The minimum atomic E-state index is -0.911. The number of aliphatic carboxylic acids is 1. The standard InChI is InChI=1S/C19H23ClN2O4/c20-14-7-5-13(6-8-14)15-10-22(11-16(15)19(25)26)18(24)12-21-9-3-1-2-4-17(21)23/h5-8,15-16H,1-4,9-12H2,(H,25,26)/t15-,16+/m0/s1. The third-order valence-corrected chi connectivity index (χ3v) is 5.54. The Morgan fingerprint density at radius 2 is 1.85 bits per heavy atom. The Morgan fingerprint density at radius 3 is 2.54 bits per heavy atom. The monoisotopic (exact) mass is 378 g/mol. The van der Waals surface area contributed by atoms with Crippen LogP contribution in [0.2, 0.25) is 5.02 Å². The molecule has 6 nitrogen and oxygen atoms in total. The zero-order valence-electron chi connectivity index (χ0n) is 14.6. The first-order valence-electron chi connectivity index (χ1n) is 8.99.